The number of urea groups is 1. The molecule has 1 aromatic rings. The Kier molecular flexibility index (Phi) is 4.83. The Bertz CT molecular complexity index is 436. The second kappa shape index (κ2) is 6.60. The van der Waals surface area contributed by atoms with Crippen LogP contribution in [0.4, 0.5) is 10.5 Å². The van der Waals surface area contributed by atoms with E-state index in [0.29, 0.717) is 6.04 Å². The molecule has 19 heavy (non-hydrogen) atoms. The van der Waals surface area contributed by atoms with Crippen LogP contribution in [0.25, 0.3) is 0 Å². The van der Waals surface area contributed by atoms with Crippen LogP contribution in [0, 0.1) is 6.92 Å². The van der Waals surface area contributed by atoms with Gasteiger partial charge in [-0.3, -0.25) is 0 Å². The SMILES string of the molecule is CCc1cccc(C)c1NC(=O)NC1CCCCC1. The van der Waals surface area contributed by atoms with Crippen molar-refractivity contribution in [1.82, 2.24) is 5.32 Å². The van der Waals surface area contributed by atoms with Gasteiger partial charge in [0, 0.05) is 11.7 Å². The summed E-state index contributed by atoms with van der Waals surface area (Å²) in [6, 6.07) is 6.44. The van der Waals surface area contributed by atoms with E-state index in [1.54, 1.807) is 0 Å². The van der Waals surface area contributed by atoms with Crippen molar-refractivity contribution < 1.29 is 4.79 Å². The van der Waals surface area contributed by atoms with E-state index in [4.69, 9.17) is 0 Å². The first-order chi connectivity index (χ1) is 9.20. The predicted octanol–water partition coefficient (Wildman–Crippen LogP) is 4.01. The van der Waals surface area contributed by atoms with Crippen LogP contribution in [0.1, 0.15) is 50.2 Å². The van der Waals surface area contributed by atoms with Gasteiger partial charge in [-0.1, -0.05) is 44.4 Å². The number of para-hydroxylation sites is 1. The summed E-state index contributed by atoms with van der Waals surface area (Å²) in [5.74, 6) is 0. The van der Waals surface area contributed by atoms with Crippen LogP contribution < -0.4 is 10.6 Å². The first-order valence-corrected chi connectivity index (χ1v) is 7.36. The number of hydrogen-bond donors (Lipinski definition) is 2. The number of carbonyl (C=O) groups excluding carboxylic acids is 1. The Morgan fingerprint density at radius 2 is 2.00 bits per heavy atom. The zero-order valence-corrected chi connectivity index (χ0v) is 12.0. The van der Waals surface area contributed by atoms with E-state index in [1.165, 1.54) is 24.8 Å². The molecule has 104 valence electrons. The standard InChI is InChI=1S/C16H24N2O/c1-3-13-9-7-8-12(2)15(13)18-16(19)17-14-10-5-4-6-11-14/h7-9,14H,3-6,10-11H2,1-2H3,(H2,17,18,19). The maximum atomic E-state index is 12.1. The quantitative estimate of drug-likeness (QED) is 0.847. The molecule has 1 aromatic carbocycles. The number of nitrogens with one attached hydrogen (secondary N) is 2. The van der Waals surface area contributed by atoms with Crippen molar-refractivity contribution in [3.05, 3.63) is 29.3 Å². The highest BCUT2D eigenvalue weighted by Gasteiger charge is 2.16. The van der Waals surface area contributed by atoms with Gasteiger partial charge in [0.2, 0.25) is 0 Å². The van der Waals surface area contributed by atoms with Crippen molar-refractivity contribution in [3.8, 4) is 0 Å². The van der Waals surface area contributed by atoms with Crippen molar-refractivity contribution >= 4 is 11.7 Å². The third-order valence-corrected chi connectivity index (χ3v) is 3.92. The van der Waals surface area contributed by atoms with Gasteiger partial charge < -0.3 is 10.6 Å². The van der Waals surface area contributed by atoms with Crippen molar-refractivity contribution in [2.75, 3.05) is 5.32 Å². The molecule has 2 rings (SSSR count). The molecule has 2 amide bonds. The minimum atomic E-state index is -0.0594. The molecule has 0 radical (unpaired) electrons. The molecule has 0 heterocycles. The molecule has 1 saturated carbocycles. The molecular weight excluding hydrogens is 236 g/mol. The van der Waals surface area contributed by atoms with Crippen LogP contribution in [0.2, 0.25) is 0 Å². The molecule has 3 heteroatoms. The number of rotatable bonds is 3. The first kappa shape index (κ1) is 13.9. The highest BCUT2D eigenvalue weighted by molar-refractivity contribution is 5.91. The topological polar surface area (TPSA) is 41.1 Å². The summed E-state index contributed by atoms with van der Waals surface area (Å²) < 4.78 is 0. The predicted molar refractivity (Wildman–Crippen MR) is 79.6 cm³/mol. The molecule has 0 aliphatic heterocycles. The van der Waals surface area contributed by atoms with E-state index in [0.717, 1.165) is 30.5 Å². The van der Waals surface area contributed by atoms with Crippen LogP contribution in [-0.4, -0.2) is 12.1 Å². The lowest BCUT2D eigenvalue weighted by Crippen LogP contribution is -2.39. The second-order valence-electron chi connectivity index (χ2n) is 5.40. The minimum absolute atomic E-state index is 0.0594. The van der Waals surface area contributed by atoms with Crippen LogP contribution in [-0.2, 0) is 6.42 Å². The average Bonchev–Trinajstić information content (AvgIpc) is 2.42. The van der Waals surface area contributed by atoms with Gasteiger partial charge in [0.1, 0.15) is 0 Å². The van der Waals surface area contributed by atoms with E-state index >= 15 is 0 Å². The van der Waals surface area contributed by atoms with Crippen LogP contribution >= 0.6 is 0 Å². The Hall–Kier alpha value is -1.51. The monoisotopic (exact) mass is 260 g/mol. The summed E-state index contributed by atoms with van der Waals surface area (Å²) >= 11 is 0. The molecular formula is C16H24N2O. The lowest BCUT2D eigenvalue weighted by Gasteiger charge is -2.23. The second-order valence-corrected chi connectivity index (χ2v) is 5.40. The van der Waals surface area contributed by atoms with E-state index in [-0.39, 0.29) is 6.03 Å². The smallest absolute Gasteiger partial charge is 0.319 e. The third kappa shape index (κ3) is 3.72. The Morgan fingerprint density at radius 1 is 1.26 bits per heavy atom. The Morgan fingerprint density at radius 3 is 2.68 bits per heavy atom. The summed E-state index contributed by atoms with van der Waals surface area (Å²) in [5, 5.41) is 6.12. The van der Waals surface area contributed by atoms with Gasteiger partial charge in [-0.15, -0.1) is 0 Å². The van der Waals surface area contributed by atoms with E-state index in [9.17, 15) is 4.79 Å². The summed E-state index contributed by atoms with van der Waals surface area (Å²) in [5.41, 5.74) is 3.29. The van der Waals surface area contributed by atoms with E-state index in [2.05, 4.69) is 23.6 Å². The maximum Gasteiger partial charge on any atom is 0.319 e. The van der Waals surface area contributed by atoms with Crippen molar-refractivity contribution in [2.45, 2.75) is 58.4 Å². The maximum absolute atomic E-state index is 12.1. The lowest BCUT2D eigenvalue weighted by molar-refractivity contribution is 0.244. The minimum Gasteiger partial charge on any atom is -0.335 e. The van der Waals surface area contributed by atoms with Crippen molar-refractivity contribution in [2.24, 2.45) is 0 Å². The molecule has 0 unspecified atom stereocenters. The van der Waals surface area contributed by atoms with Crippen LogP contribution in [0.3, 0.4) is 0 Å². The summed E-state index contributed by atoms with van der Waals surface area (Å²) in [6.45, 7) is 4.15. The molecule has 0 bridgehead atoms. The third-order valence-electron chi connectivity index (χ3n) is 3.92. The zero-order valence-electron chi connectivity index (χ0n) is 12.0. The van der Waals surface area contributed by atoms with Crippen molar-refractivity contribution in [1.29, 1.82) is 0 Å². The fourth-order valence-corrected chi connectivity index (χ4v) is 2.78. The van der Waals surface area contributed by atoms with Gasteiger partial charge in [0.25, 0.3) is 0 Å². The normalized spacial score (nSPS) is 16.1. The van der Waals surface area contributed by atoms with Gasteiger partial charge >= 0.3 is 6.03 Å². The number of hydrogen-bond acceptors (Lipinski definition) is 1. The van der Waals surface area contributed by atoms with Gasteiger partial charge in [0.15, 0.2) is 0 Å². The molecule has 3 nitrogen and oxygen atoms in total. The first-order valence-electron chi connectivity index (χ1n) is 7.36. The highest BCUT2D eigenvalue weighted by atomic mass is 16.2. The average molecular weight is 260 g/mol. The molecule has 1 aliphatic carbocycles. The Balaban J connectivity index is 1.98. The molecule has 0 spiro atoms. The molecule has 0 atom stereocenters. The largest absolute Gasteiger partial charge is 0.335 e. The van der Waals surface area contributed by atoms with E-state index in [1.807, 2.05) is 19.1 Å². The molecule has 2 N–H and O–H groups in total. The highest BCUT2D eigenvalue weighted by Crippen LogP contribution is 2.21. The molecule has 0 saturated heterocycles. The van der Waals surface area contributed by atoms with Crippen LogP contribution in [0.15, 0.2) is 18.2 Å². The zero-order chi connectivity index (χ0) is 13.7. The van der Waals surface area contributed by atoms with Gasteiger partial charge in [-0.2, -0.15) is 0 Å². The molecule has 0 aromatic heterocycles. The van der Waals surface area contributed by atoms with Gasteiger partial charge in [0.05, 0.1) is 0 Å². The molecule has 1 aliphatic rings. The van der Waals surface area contributed by atoms with Gasteiger partial charge in [-0.25, -0.2) is 4.79 Å². The fraction of sp³-hybridized carbons (Fsp3) is 0.562. The number of amides is 2. The van der Waals surface area contributed by atoms with Crippen molar-refractivity contribution in [3.63, 3.8) is 0 Å². The summed E-state index contributed by atoms with van der Waals surface area (Å²) in [6.07, 6.45) is 6.92. The number of carbonyl (C=O) groups is 1. The summed E-state index contributed by atoms with van der Waals surface area (Å²) in [4.78, 5) is 12.1. The molecule has 1 fully saturated rings. The van der Waals surface area contributed by atoms with Crippen LogP contribution in [0.5, 0.6) is 0 Å². The van der Waals surface area contributed by atoms with E-state index < -0.39 is 0 Å². The fourth-order valence-electron chi connectivity index (χ4n) is 2.78. The number of aryl methyl sites for hydroxylation is 2. The Labute approximate surface area is 115 Å². The lowest BCUT2D eigenvalue weighted by atomic mass is 9.96. The number of benzene rings is 1. The van der Waals surface area contributed by atoms with Gasteiger partial charge in [-0.05, 0) is 37.3 Å². The summed E-state index contributed by atoms with van der Waals surface area (Å²) in [7, 11) is 0. The number of anilines is 1.